The molecule has 0 aromatic rings. The molecule has 65 heavy (non-hydrogen) atoms. The largest absolute Gasteiger partial charge is 0.462 e. The van der Waals surface area contributed by atoms with Gasteiger partial charge in [-0.05, 0) is 96.3 Å². The Kier molecular flexibility index (Phi) is 50.9. The lowest BCUT2D eigenvalue weighted by molar-refractivity contribution is -0.167. The fraction of sp³-hybridized carbons (Fsp3) is 0.746. The summed E-state index contributed by atoms with van der Waals surface area (Å²) in [5.74, 6) is -0.923. The molecule has 0 N–H and O–H groups in total. The maximum Gasteiger partial charge on any atom is 0.306 e. The standard InChI is InChI=1S/C59H102O6/c1-4-7-10-13-15-17-19-21-23-25-27-29-31-33-35-37-39-41-43-46-49-52-58(61)64-55-56(54-63-57(60)51-48-45-12-9-6-3)65-59(62)53-50-47-44-42-40-38-36-34-32-30-28-26-24-22-20-18-16-14-11-8-5-2/h19-22,25-28,31-34,56H,4-18,23-24,29-30,35-55H2,1-3H3/b21-19-,22-20-,27-25-,28-26-,33-31-,34-32-. The van der Waals surface area contributed by atoms with E-state index in [9.17, 15) is 14.4 Å². The van der Waals surface area contributed by atoms with Gasteiger partial charge in [0.1, 0.15) is 13.2 Å². The smallest absolute Gasteiger partial charge is 0.306 e. The van der Waals surface area contributed by atoms with Crippen LogP contribution in [0.2, 0.25) is 0 Å². The number of carbonyl (C=O) groups excluding carboxylic acids is 3. The minimum Gasteiger partial charge on any atom is -0.462 e. The zero-order valence-electron chi connectivity index (χ0n) is 42.7. The molecule has 0 spiro atoms. The zero-order valence-corrected chi connectivity index (χ0v) is 42.7. The van der Waals surface area contributed by atoms with Crippen LogP contribution in [0.4, 0.5) is 0 Å². The van der Waals surface area contributed by atoms with E-state index in [4.69, 9.17) is 14.2 Å². The van der Waals surface area contributed by atoms with Crippen molar-refractivity contribution in [3.05, 3.63) is 72.9 Å². The molecule has 0 amide bonds. The van der Waals surface area contributed by atoms with Gasteiger partial charge >= 0.3 is 17.9 Å². The molecule has 0 saturated heterocycles. The minimum absolute atomic E-state index is 0.0863. The predicted molar refractivity (Wildman–Crippen MR) is 279 cm³/mol. The number of unbranched alkanes of at least 4 members (excludes halogenated alkanes) is 26. The highest BCUT2D eigenvalue weighted by Crippen LogP contribution is 2.14. The lowest BCUT2D eigenvalue weighted by Crippen LogP contribution is -2.30. The topological polar surface area (TPSA) is 78.9 Å². The molecule has 0 aliphatic carbocycles. The molecule has 374 valence electrons. The Bertz CT molecular complexity index is 1230. The predicted octanol–water partition coefficient (Wildman–Crippen LogP) is 18.2. The molecule has 0 radical (unpaired) electrons. The van der Waals surface area contributed by atoms with E-state index < -0.39 is 6.10 Å². The number of esters is 3. The van der Waals surface area contributed by atoms with Crippen molar-refractivity contribution >= 4 is 17.9 Å². The van der Waals surface area contributed by atoms with Crippen LogP contribution >= 0.6 is 0 Å². The van der Waals surface area contributed by atoms with Crippen molar-refractivity contribution < 1.29 is 28.6 Å². The van der Waals surface area contributed by atoms with Crippen LogP contribution in [0.1, 0.15) is 265 Å². The van der Waals surface area contributed by atoms with Crippen LogP contribution < -0.4 is 0 Å². The number of allylic oxidation sites excluding steroid dienone is 12. The Morgan fingerprint density at radius 3 is 0.862 bits per heavy atom. The third-order valence-electron chi connectivity index (χ3n) is 11.7. The molecule has 0 bridgehead atoms. The molecule has 1 unspecified atom stereocenters. The van der Waals surface area contributed by atoms with Gasteiger partial charge in [0.2, 0.25) is 0 Å². The quantitative estimate of drug-likeness (QED) is 0.0262. The molecule has 0 aromatic carbocycles. The lowest BCUT2D eigenvalue weighted by Gasteiger charge is -2.18. The summed E-state index contributed by atoms with van der Waals surface area (Å²) in [5.41, 5.74) is 0. The number of hydrogen-bond donors (Lipinski definition) is 0. The fourth-order valence-corrected chi connectivity index (χ4v) is 7.51. The maximum atomic E-state index is 12.8. The monoisotopic (exact) mass is 907 g/mol. The molecule has 6 heteroatoms. The summed E-state index contributed by atoms with van der Waals surface area (Å²) in [7, 11) is 0. The van der Waals surface area contributed by atoms with Gasteiger partial charge in [-0.15, -0.1) is 0 Å². The summed E-state index contributed by atoms with van der Waals surface area (Å²) in [4.78, 5) is 37.7. The van der Waals surface area contributed by atoms with Crippen molar-refractivity contribution in [2.45, 2.75) is 271 Å². The second-order valence-electron chi connectivity index (χ2n) is 18.1. The zero-order chi connectivity index (χ0) is 47.2. The van der Waals surface area contributed by atoms with Gasteiger partial charge in [-0.25, -0.2) is 0 Å². The Labute approximate surface area is 402 Å². The average Bonchev–Trinajstić information content (AvgIpc) is 3.30. The SMILES string of the molecule is CCCCCCC/C=C\C/C=C\C/C=C\CCCCCCCCC(=O)OCC(COC(=O)CCCCCCC)OC(=O)CCCCCCCC/C=C\C/C=C\C/C=C\CCCCCCC. The molecule has 0 heterocycles. The number of ether oxygens (including phenoxy) is 3. The van der Waals surface area contributed by atoms with E-state index in [1.165, 1.54) is 116 Å². The Balaban J connectivity index is 4.20. The lowest BCUT2D eigenvalue weighted by atomic mass is 10.1. The minimum atomic E-state index is -0.785. The number of hydrogen-bond acceptors (Lipinski definition) is 6. The molecular formula is C59H102O6. The molecule has 1 atom stereocenters. The van der Waals surface area contributed by atoms with Gasteiger partial charge in [-0.3, -0.25) is 14.4 Å². The molecule has 0 aromatic heterocycles. The van der Waals surface area contributed by atoms with Crippen LogP contribution in [0.3, 0.4) is 0 Å². The highest BCUT2D eigenvalue weighted by molar-refractivity contribution is 5.71. The van der Waals surface area contributed by atoms with E-state index in [2.05, 4.69) is 93.7 Å². The van der Waals surface area contributed by atoms with Crippen LogP contribution in [-0.4, -0.2) is 37.2 Å². The third-order valence-corrected chi connectivity index (χ3v) is 11.7. The summed E-state index contributed by atoms with van der Waals surface area (Å²) in [6.07, 6.45) is 67.8. The van der Waals surface area contributed by atoms with Crippen molar-refractivity contribution in [3.8, 4) is 0 Å². The Morgan fingerprint density at radius 1 is 0.308 bits per heavy atom. The summed E-state index contributed by atoms with van der Waals surface area (Å²) in [6, 6.07) is 0. The molecular weight excluding hydrogens is 805 g/mol. The summed E-state index contributed by atoms with van der Waals surface area (Å²) in [6.45, 7) is 6.52. The highest BCUT2D eigenvalue weighted by atomic mass is 16.6. The van der Waals surface area contributed by atoms with Gasteiger partial charge in [-0.1, -0.05) is 222 Å². The van der Waals surface area contributed by atoms with E-state index >= 15 is 0 Å². The molecule has 0 rings (SSSR count). The second-order valence-corrected chi connectivity index (χ2v) is 18.1. The second kappa shape index (κ2) is 53.5. The first-order chi connectivity index (χ1) is 32.0. The van der Waals surface area contributed by atoms with E-state index in [-0.39, 0.29) is 31.1 Å². The Hall–Kier alpha value is -3.15. The van der Waals surface area contributed by atoms with E-state index in [0.717, 1.165) is 109 Å². The fourth-order valence-electron chi connectivity index (χ4n) is 7.51. The molecule has 0 saturated carbocycles. The van der Waals surface area contributed by atoms with Gasteiger partial charge in [0.05, 0.1) is 0 Å². The number of rotatable bonds is 49. The molecule has 0 aliphatic rings. The first-order valence-corrected chi connectivity index (χ1v) is 27.4. The van der Waals surface area contributed by atoms with Crippen LogP contribution in [-0.2, 0) is 28.6 Å². The van der Waals surface area contributed by atoms with Gasteiger partial charge in [0.25, 0.3) is 0 Å². The summed E-state index contributed by atoms with van der Waals surface area (Å²) in [5, 5.41) is 0. The van der Waals surface area contributed by atoms with Crippen molar-refractivity contribution in [1.29, 1.82) is 0 Å². The third kappa shape index (κ3) is 51.7. The van der Waals surface area contributed by atoms with Crippen molar-refractivity contribution in [2.24, 2.45) is 0 Å². The van der Waals surface area contributed by atoms with Crippen LogP contribution in [0.5, 0.6) is 0 Å². The van der Waals surface area contributed by atoms with Crippen LogP contribution in [0.15, 0.2) is 72.9 Å². The molecule has 0 aliphatic heterocycles. The van der Waals surface area contributed by atoms with Gasteiger partial charge in [0.15, 0.2) is 6.10 Å². The van der Waals surface area contributed by atoms with E-state index in [1.807, 2.05) is 0 Å². The molecule has 0 fully saturated rings. The summed E-state index contributed by atoms with van der Waals surface area (Å²) >= 11 is 0. The van der Waals surface area contributed by atoms with Crippen molar-refractivity contribution in [3.63, 3.8) is 0 Å². The average molecular weight is 907 g/mol. The van der Waals surface area contributed by atoms with Crippen molar-refractivity contribution in [1.82, 2.24) is 0 Å². The Morgan fingerprint density at radius 2 is 0.554 bits per heavy atom. The maximum absolute atomic E-state index is 12.8. The first kappa shape index (κ1) is 61.9. The highest BCUT2D eigenvalue weighted by Gasteiger charge is 2.19. The van der Waals surface area contributed by atoms with E-state index in [0.29, 0.717) is 19.3 Å². The van der Waals surface area contributed by atoms with Gasteiger partial charge in [0, 0.05) is 19.3 Å². The molecule has 6 nitrogen and oxygen atoms in total. The first-order valence-electron chi connectivity index (χ1n) is 27.4. The van der Waals surface area contributed by atoms with Gasteiger partial charge in [-0.2, -0.15) is 0 Å². The van der Waals surface area contributed by atoms with E-state index in [1.54, 1.807) is 0 Å². The van der Waals surface area contributed by atoms with Crippen LogP contribution in [0.25, 0.3) is 0 Å². The van der Waals surface area contributed by atoms with Gasteiger partial charge < -0.3 is 14.2 Å². The number of carbonyl (C=O) groups is 3. The normalized spacial score (nSPS) is 12.6. The van der Waals surface area contributed by atoms with Crippen molar-refractivity contribution in [2.75, 3.05) is 13.2 Å². The summed E-state index contributed by atoms with van der Waals surface area (Å²) < 4.78 is 16.7. The van der Waals surface area contributed by atoms with Crippen LogP contribution in [0, 0.1) is 0 Å².